The zero-order valence-electron chi connectivity index (χ0n) is 11.8. The first kappa shape index (κ1) is 13.5. The van der Waals surface area contributed by atoms with E-state index in [9.17, 15) is 0 Å². The zero-order chi connectivity index (χ0) is 12.8. The molecule has 0 saturated heterocycles. The second kappa shape index (κ2) is 6.89. The van der Waals surface area contributed by atoms with Gasteiger partial charge in [-0.3, -0.25) is 4.98 Å². The summed E-state index contributed by atoms with van der Waals surface area (Å²) in [6.45, 7) is 5.33. The number of nitrogens with one attached hydrogen (secondary N) is 1. The van der Waals surface area contributed by atoms with Gasteiger partial charge in [0.2, 0.25) is 0 Å². The maximum Gasteiger partial charge on any atom is 0.0372 e. The normalized spacial score (nSPS) is 19.4. The zero-order valence-corrected chi connectivity index (χ0v) is 11.8. The first-order valence-electron chi connectivity index (χ1n) is 7.40. The lowest BCUT2D eigenvalue weighted by Gasteiger charge is -2.23. The monoisotopic (exact) mass is 246 g/mol. The van der Waals surface area contributed by atoms with Crippen LogP contribution < -0.4 is 5.32 Å². The number of hydrogen-bond donors (Lipinski definition) is 1. The van der Waals surface area contributed by atoms with Crippen molar-refractivity contribution in [2.24, 2.45) is 5.92 Å². The topological polar surface area (TPSA) is 24.9 Å². The van der Waals surface area contributed by atoms with Gasteiger partial charge in [-0.05, 0) is 44.2 Å². The van der Waals surface area contributed by atoms with Crippen molar-refractivity contribution < 1.29 is 0 Å². The van der Waals surface area contributed by atoms with E-state index in [-0.39, 0.29) is 0 Å². The fraction of sp³-hybridized carbons (Fsp3) is 0.688. The third-order valence-electron chi connectivity index (χ3n) is 4.21. The van der Waals surface area contributed by atoms with E-state index in [1.54, 1.807) is 0 Å². The van der Waals surface area contributed by atoms with E-state index in [1.165, 1.54) is 44.1 Å². The number of rotatable bonds is 4. The highest BCUT2D eigenvalue weighted by Gasteiger charge is 2.18. The molecule has 1 fully saturated rings. The second-order valence-corrected chi connectivity index (χ2v) is 5.73. The van der Waals surface area contributed by atoms with Crippen molar-refractivity contribution in [2.45, 2.75) is 65.0 Å². The van der Waals surface area contributed by atoms with Crippen LogP contribution in [0.1, 0.15) is 56.7 Å². The number of aromatic nitrogens is 1. The first-order valence-corrected chi connectivity index (χ1v) is 7.40. The van der Waals surface area contributed by atoms with Crippen molar-refractivity contribution in [2.75, 3.05) is 0 Å². The molecule has 1 N–H and O–H groups in total. The molecule has 2 heteroatoms. The van der Waals surface area contributed by atoms with Crippen molar-refractivity contribution in [3.63, 3.8) is 0 Å². The quantitative estimate of drug-likeness (QED) is 0.817. The standard InChI is InChI=1S/C16H26N2/c1-13-9-10-15(11-17-13)12-18-14(2)16-7-5-3-4-6-8-16/h9-11,14,16,18H,3-8,12H2,1-2H3/t14-/m0/s1. The highest BCUT2D eigenvalue weighted by atomic mass is 14.9. The average molecular weight is 246 g/mol. The Morgan fingerprint density at radius 3 is 2.56 bits per heavy atom. The molecule has 0 bridgehead atoms. The predicted molar refractivity (Wildman–Crippen MR) is 76.5 cm³/mol. The van der Waals surface area contributed by atoms with Crippen LogP contribution in [0.25, 0.3) is 0 Å². The maximum atomic E-state index is 4.34. The maximum absolute atomic E-state index is 4.34. The van der Waals surface area contributed by atoms with Crippen molar-refractivity contribution in [3.8, 4) is 0 Å². The van der Waals surface area contributed by atoms with Crippen LogP contribution in [-0.4, -0.2) is 11.0 Å². The van der Waals surface area contributed by atoms with Crippen molar-refractivity contribution in [3.05, 3.63) is 29.6 Å². The minimum absolute atomic E-state index is 0.629. The lowest BCUT2D eigenvalue weighted by atomic mass is 9.93. The van der Waals surface area contributed by atoms with Gasteiger partial charge in [0.25, 0.3) is 0 Å². The molecular weight excluding hydrogens is 220 g/mol. The second-order valence-electron chi connectivity index (χ2n) is 5.73. The highest BCUT2D eigenvalue weighted by molar-refractivity contribution is 5.12. The predicted octanol–water partition coefficient (Wildman–Crippen LogP) is 3.84. The van der Waals surface area contributed by atoms with Crippen LogP contribution in [-0.2, 0) is 6.54 Å². The fourth-order valence-electron chi connectivity index (χ4n) is 2.86. The van der Waals surface area contributed by atoms with Crippen LogP contribution in [0, 0.1) is 12.8 Å². The molecule has 2 nitrogen and oxygen atoms in total. The van der Waals surface area contributed by atoms with Crippen molar-refractivity contribution in [1.82, 2.24) is 10.3 Å². The Labute approximate surface area is 111 Å². The Balaban J connectivity index is 1.79. The first-order chi connectivity index (χ1) is 8.75. The van der Waals surface area contributed by atoms with Gasteiger partial charge in [0.1, 0.15) is 0 Å². The van der Waals surface area contributed by atoms with E-state index in [2.05, 4.69) is 29.4 Å². The van der Waals surface area contributed by atoms with Gasteiger partial charge in [-0.1, -0.05) is 31.7 Å². The smallest absolute Gasteiger partial charge is 0.0372 e. The highest BCUT2D eigenvalue weighted by Crippen LogP contribution is 2.25. The largest absolute Gasteiger partial charge is 0.310 e. The Morgan fingerprint density at radius 2 is 1.94 bits per heavy atom. The Hall–Kier alpha value is -0.890. The van der Waals surface area contributed by atoms with Crippen molar-refractivity contribution >= 4 is 0 Å². The van der Waals surface area contributed by atoms with Gasteiger partial charge in [-0.25, -0.2) is 0 Å². The number of hydrogen-bond acceptors (Lipinski definition) is 2. The molecule has 0 aromatic carbocycles. The number of aryl methyl sites for hydroxylation is 1. The third-order valence-corrected chi connectivity index (χ3v) is 4.21. The molecule has 1 saturated carbocycles. The van der Waals surface area contributed by atoms with Gasteiger partial charge in [-0.15, -0.1) is 0 Å². The summed E-state index contributed by atoms with van der Waals surface area (Å²) in [4.78, 5) is 4.34. The molecule has 0 aliphatic heterocycles. The van der Waals surface area contributed by atoms with Crippen molar-refractivity contribution in [1.29, 1.82) is 0 Å². The molecule has 1 aromatic rings. The molecular formula is C16H26N2. The van der Waals surface area contributed by atoms with E-state index in [0.29, 0.717) is 6.04 Å². The molecule has 100 valence electrons. The van der Waals surface area contributed by atoms with Gasteiger partial charge in [0, 0.05) is 24.5 Å². The summed E-state index contributed by atoms with van der Waals surface area (Å²) in [7, 11) is 0. The lowest BCUT2D eigenvalue weighted by molar-refractivity contribution is 0.336. The van der Waals surface area contributed by atoms with E-state index in [4.69, 9.17) is 0 Å². The fourth-order valence-corrected chi connectivity index (χ4v) is 2.86. The van der Waals surface area contributed by atoms with E-state index in [1.807, 2.05) is 13.1 Å². The van der Waals surface area contributed by atoms with Gasteiger partial charge >= 0.3 is 0 Å². The molecule has 1 heterocycles. The summed E-state index contributed by atoms with van der Waals surface area (Å²) in [5.74, 6) is 0.867. The van der Waals surface area contributed by atoms with E-state index >= 15 is 0 Å². The molecule has 0 spiro atoms. The molecule has 1 aromatic heterocycles. The third kappa shape index (κ3) is 4.09. The minimum Gasteiger partial charge on any atom is -0.310 e. The van der Waals surface area contributed by atoms with Gasteiger partial charge < -0.3 is 5.32 Å². The molecule has 0 amide bonds. The van der Waals surface area contributed by atoms with Gasteiger partial charge in [-0.2, -0.15) is 0 Å². The molecule has 0 unspecified atom stereocenters. The molecule has 1 aliphatic rings. The summed E-state index contributed by atoms with van der Waals surface area (Å²) in [6.07, 6.45) is 10.5. The number of nitrogens with zero attached hydrogens (tertiary/aromatic N) is 1. The van der Waals surface area contributed by atoms with Crippen LogP contribution in [0.5, 0.6) is 0 Å². The Kier molecular flexibility index (Phi) is 5.18. The van der Waals surface area contributed by atoms with Crippen LogP contribution in [0.3, 0.4) is 0 Å². The van der Waals surface area contributed by atoms with Crippen LogP contribution in [0.2, 0.25) is 0 Å². The summed E-state index contributed by atoms with van der Waals surface area (Å²) in [5, 5.41) is 3.68. The minimum atomic E-state index is 0.629. The van der Waals surface area contributed by atoms with Crippen LogP contribution in [0.15, 0.2) is 18.3 Å². The summed E-state index contributed by atoms with van der Waals surface area (Å²) >= 11 is 0. The molecule has 2 rings (SSSR count). The Bertz CT molecular complexity index is 337. The van der Waals surface area contributed by atoms with E-state index < -0.39 is 0 Å². The van der Waals surface area contributed by atoms with Crippen LogP contribution in [0.4, 0.5) is 0 Å². The average Bonchev–Trinajstić information content (AvgIpc) is 2.66. The Morgan fingerprint density at radius 1 is 1.22 bits per heavy atom. The SMILES string of the molecule is Cc1ccc(CN[C@@H](C)C2CCCCCC2)cn1. The molecule has 1 aliphatic carbocycles. The van der Waals surface area contributed by atoms with Crippen LogP contribution >= 0.6 is 0 Å². The summed E-state index contributed by atoms with van der Waals surface area (Å²) < 4.78 is 0. The molecule has 1 atom stereocenters. The summed E-state index contributed by atoms with van der Waals surface area (Å²) in [5.41, 5.74) is 2.39. The van der Waals surface area contributed by atoms with Gasteiger partial charge in [0.05, 0.1) is 0 Å². The lowest BCUT2D eigenvalue weighted by Crippen LogP contribution is -2.32. The number of pyridine rings is 1. The summed E-state index contributed by atoms with van der Waals surface area (Å²) in [6, 6.07) is 4.90. The van der Waals surface area contributed by atoms with E-state index in [0.717, 1.165) is 18.2 Å². The van der Waals surface area contributed by atoms with Gasteiger partial charge in [0.15, 0.2) is 0 Å². The molecule has 0 radical (unpaired) electrons. The molecule has 18 heavy (non-hydrogen) atoms.